The highest BCUT2D eigenvalue weighted by molar-refractivity contribution is 9.10. The predicted molar refractivity (Wildman–Crippen MR) is 84.5 cm³/mol. The Kier molecular flexibility index (Phi) is 2.75. The predicted octanol–water partition coefficient (Wildman–Crippen LogP) is 4.68. The highest BCUT2D eigenvalue weighted by Crippen LogP contribution is 2.29. The average molecular weight is 342 g/mol. The molecule has 4 rings (SSSR count). The van der Waals surface area contributed by atoms with Crippen molar-refractivity contribution in [1.82, 2.24) is 15.0 Å². The Hall–Kier alpha value is -2.27. The van der Waals surface area contributed by atoms with Gasteiger partial charge in [-0.25, -0.2) is 14.4 Å². The maximum atomic E-state index is 13.9. The molecule has 2 heterocycles. The van der Waals surface area contributed by atoms with Gasteiger partial charge in [0.2, 0.25) is 0 Å². The maximum absolute atomic E-state index is 13.9. The van der Waals surface area contributed by atoms with Crippen LogP contribution in [0.2, 0.25) is 0 Å². The molecule has 0 aliphatic carbocycles. The van der Waals surface area contributed by atoms with Gasteiger partial charge in [-0.15, -0.1) is 0 Å². The van der Waals surface area contributed by atoms with Crippen molar-refractivity contribution < 1.29 is 4.39 Å². The Morgan fingerprint density at radius 1 is 1.05 bits per heavy atom. The fourth-order valence-electron chi connectivity index (χ4n) is 2.47. The first-order chi connectivity index (χ1) is 10.2. The zero-order valence-electron chi connectivity index (χ0n) is 10.8. The molecule has 0 unspecified atom stereocenters. The minimum Gasteiger partial charge on any atom is -0.337 e. The molecule has 0 bridgehead atoms. The van der Waals surface area contributed by atoms with E-state index in [9.17, 15) is 4.39 Å². The molecule has 0 atom stereocenters. The minimum atomic E-state index is -0.230. The first-order valence-electron chi connectivity index (χ1n) is 6.41. The molecule has 1 N–H and O–H groups in total. The zero-order chi connectivity index (χ0) is 14.4. The van der Waals surface area contributed by atoms with Gasteiger partial charge in [0.1, 0.15) is 11.6 Å². The lowest BCUT2D eigenvalue weighted by Crippen LogP contribution is -1.86. The molecule has 4 aromatic rings. The molecule has 0 amide bonds. The number of nitrogens with one attached hydrogen (secondary N) is 1. The number of rotatable bonds is 1. The van der Waals surface area contributed by atoms with Crippen LogP contribution in [0, 0.1) is 5.82 Å². The van der Waals surface area contributed by atoms with Crippen molar-refractivity contribution in [3.8, 4) is 11.4 Å². The minimum absolute atomic E-state index is 0.230. The number of benzene rings is 2. The maximum Gasteiger partial charge on any atom is 0.178 e. The lowest BCUT2D eigenvalue weighted by molar-refractivity contribution is 0.640. The number of aromatic nitrogens is 3. The van der Waals surface area contributed by atoms with Crippen LogP contribution in [0.3, 0.4) is 0 Å². The van der Waals surface area contributed by atoms with Crippen LogP contribution in [0.15, 0.2) is 53.1 Å². The van der Waals surface area contributed by atoms with Crippen molar-refractivity contribution in [3.05, 3.63) is 59.0 Å². The molecule has 102 valence electrons. The van der Waals surface area contributed by atoms with Gasteiger partial charge in [0, 0.05) is 21.6 Å². The Morgan fingerprint density at radius 3 is 2.71 bits per heavy atom. The fraction of sp³-hybridized carbons (Fsp3) is 0. The number of hydrogen-bond acceptors (Lipinski definition) is 2. The molecule has 0 aliphatic heterocycles. The van der Waals surface area contributed by atoms with Crippen LogP contribution in [0.5, 0.6) is 0 Å². The molecule has 3 nitrogen and oxygen atoms in total. The summed E-state index contributed by atoms with van der Waals surface area (Å²) in [6, 6.07) is 12.5. The summed E-state index contributed by atoms with van der Waals surface area (Å²) in [5.41, 5.74) is 2.34. The summed E-state index contributed by atoms with van der Waals surface area (Å²) in [7, 11) is 0. The largest absolute Gasteiger partial charge is 0.337 e. The van der Waals surface area contributed by atoms with Crippen LogP contribution in [0.25, 0.3) is 33.3 Å². The van der Waals surface area contributed by atoms with E-state index in [1.165, 1.54) is 6.07 Å². The van der Waals surface area contributed by atoms with E-state index in [-0.39, 0.29) is 5.82 Å². The van der Waals surface area contributed by atoms with Crippen LogP contribution in [0.4, 0.5) is 4.39 Å². The molecule has 2 aromatic heterocycles. The van der Waals surface area contributed by atoms with E-state index in [1.807, 2.05) is 24.3 Å². The molecule has 0 saturated heterocycles. The van der Waals surface area contributed by atoms with Crippen molar-refractivity contribution in [3.63, 3.8) is 0 Å². The number of hydrogen-bond donors (Lipinski definition) is 1. The second-order valence-electron chi connectivity index (χ2n) is 4.75. The van der Waals surface area contributed by atoms with E-state index in [2.05, 4.69) is 30.9 Å². The van der Waals surface area contributed by atoms with E-state index in [1.54, 1.807) is 18.3 Å². The molecule has 0 aliphatic rings. The van der Waals surface area contributed by atoms with E-state index in [0.717, 1.165) is 20.9 Å². The van der Waals surface area contributed by atoms with E-state index in [4.69, 9.17) is 0 Å². The van der Waals surface area contributed by atoms with Crippen molar-refractivity contribution in [2.75, 3.05) is 0 Å². The summed E-state index contributed by atoms with van der Waals surface area (Å²) in [5, 5.41) is 1.42. The Labute approximate surface area is 128 Å². The first-order valence-corrected chi connectivity index (χ1v) is 7.20. The summed E-state index contributed by atoms with van der Waals surface area (Å²) >= 11 is 3.39. The van der Waals surface area contributed by atoms with Gasteiger partial charge in [0.25, 0.3) is 0 Å². The standard InChI is InChI=1S/C16H9BrFN3/c17-9-7-14-16(19-8-9)21-15(20-14)12-5-6-13(18)11-4-2-1-3-10(11)12/h1-8H,(H,19,20,21). The Bertz CT molecular complexity index is 978. The topological polar surface area (TPSA) is 41.6 Å². The molecule has 0 radical (unpaired) electrons. The molecule has 0 fully saturated rings. The third-order valence-electron chi connectivity index (χ3n) is 3.43. The van der Waals surface area contributed by atoms with Crippen molar-refractivity contribution in [2.45, 2.75) is 0 Å². The van der Waals surface area contributed by atoms with Crippen LogP contribution >= 0.6 is 15.9 Å². The molecule has 2 aromatic carbocycles. The summed E-state index contributed by atoms with van der Waals surface area (Å²) in [6.45, 7) is 0. The molecule has 0 spiro atoms. The zero-order valence-corrected chi connectivity index (χ0v) is 12.4. The molecule has 0 saturated carbocycles. The average Bonchev–Trinajstić information content (AvgIpc) is 2.90. The number of fused-ring (bicyclic) bond motifs is 2. The number of aromatic amines is 1. The van der Waals surface area contributed by atoms with Crippen LogP contribution < -0.4 is 0 Å². The first kappa shape index (κ1) is 12.5. The number of imidazole rings is 1. The summed E-state index contributed by atoms with van der Waals surface area (Å²) in [4.78, 5) is 12.0. The lowest BCUT2D eigenvalue weighted by Gasteiger charge is -2.04. The normalized spacial score (nSPS) is 11.3. The van der Waals surface area contributed by atoms with Crippen molar-refractivity contribution in [2.24, 2.45) is 0 Å². The van der Waals surface area contributed by atoms with Crippen LogP contribution in [-0.2, 0) is 0 Å². The summed E-state index contributed by atoms with van der Waals surface area (Å²) < 4.78 is 14.8. The quantitative estimate of drug-likeness (QED) is 0.546. The third-order valence-corrected chi connectivity index (χ3v) is 3.86. The number of nitrogens with zero attached hydrogens (tertiary/aromatic N) is 2. The highest BCUT2D eigenvalue weighted by Gasteiger charge is 2.11. The highest BCUT2D eigenvalue weighted by atomic mass is 79.9. The van der Waals surface area contributed by atoms with Crippen LogP contribution in [0.1, 0.15) is 0 Å². The fourth-order valence-corrected chi connectivity index (χ4v) is 2.80. The number of pyridine rings is 1. The monoisotopic (exact) mass is 341 g/mol. The number of halogens is 2. The molecule has 21 heavy (non-hydrogen) atoms. The Balaban J connectivity index is 2.02. The van der Waals surface area contributed by atoms with Crippen LogP contribution in [-0.4, -0.2) is 15.0 Å². The molecular weight excluding hydrogens is 333 g/mol. The van der Waals surface area contributed by atoms with E-state index < -0.39 is 0 Å². The number of H-pyrrole nitrogens is 1. The van der Waals surface area contributed by atoms with Gasteiger partial charge in [-0.2, -0.15) is 0 Å². The summed E-state index contributed by atoms with van der Waals surface area (Å²) in [6.07, 6.45) is 1.70. The van der Waals surface area contributed by atoms with Gasteiger partial charge in [-0.05, 0) is 39.5 Å². The van der Waals surface area contributed by atoms with Gasteiger partial charge in [-0.1, -0.05) is 24.3 Å². The van der Waals surface area contributed by atoms with Gasteiger partial charge < -0.3 is 4.98 Å². The van der Waals surface area contributed by atoms with Gasteiger partial charge in [0.15, 0.2) is 5.65 Å². The smallest absolute Gasteiger partial charge is 0.178 e. The van der Waals surface area contributed by atoms with Gasteiger partial charge in [0.05, 0.1) is 5.52 Å². The van der Waals surface area contributed by atoms with Gasteiger partial charge >= 0.3 is 0 Å². The lowest BCUT2D eigenvalue weighted by atomic mass is 10.0. The Morgan fingerprint density at radius 2 is 1.86 bits per heavy atom. The molecule has 5 heteroatoms. The van der Waals surface area contributed by atoms with Gasteiger partial charge in [-0.3, -0.25) is 0 Å². The third kappa shape index (κ3) is 2.01. The van der Waals surface area contributed by atoms with E-state index in [0.29, 0.717) is 16.9 Å². The summed E-state index contributed by atoms with van der Waals surface area (Å²) in [5.74, 6) is 0.457. The van der Waals surface area contributed by atoms with Crippen molar-refractivity contribution >= 4 is 37.9 Å². The second-order valence-corrected chi connectivity index (χ2v) is 5.67. The SMILES string of the molecule is Fc1ccc(-c2nc3ncc(Br)cc3[nH]2)c2ccccc12. The second kappa shape index (κ2) is 4.63. The van der Waals surface area contributed by atoms with Crippen molar-refractivity contribution in [1.29, 1.82) is 0 Å². The van der Waals surface area contributed by atoms with E-state index >= 15 is 0 Å². The molecular formula is C16H9BrFN3.